The topological polar surface area (TPSA) is 84.2 Å². The zero-order valence-corrected chi connectivity index (χ0v) is 12.5. The van der Waals surface area contributed by atoms with Crippen LogP contribution in [0.5, 0.6) is 0 Å². The average molecular weight is 298 g/mol. The fraction of sp³-hybridized carbons (Fsp3) is 0.429. The molecule has 1 aromatic carbocycles. The minimum atomic E-state index is -0.273. The number of amides is 2. The van der Waals surface area contributed by atoms with Crippen LogP contribution < -0.4 is 16.4 Å². The fourth-order valence-corrected chi connectivity index (χ4v) is 1.64. The Hall–Kier alpha value is -1.75. The van der Waals surface area contributed by atoms with Gasteiger partial charge < -0.3 is 16.4 Å². The van der Waals surface area contributed by atoms with Crippen molar-refractivity contribution in [1.29, 1.82) is 0 Å². The van der Waals surface area contributed by atoms with Gasteiger partial charge in [-0.2, -0.15) is 0 Å². The van der Waals surface area contributed by atoms with Crippen molar-refractivity contribution >= 4 is 29.1 Å². The number of carbonyl (C=O) groups excluding carboxylic acids is 2. The maximum absolute atomic E-state index is 11.8. The van der Waals surface area contributed by atoms with Crippen LogP contribution in [0.2, 0.25) is 5.02 Å². The molecule has 110 valence electrons. The monoisotopic (exact) mass is 297 g/mol. The first-order chi connectivity index (χ1) is 9.43. The number of anilines is 1. The highest BCUT2D eigenvalue weighted by Crippen LogP contribution is 2.19. The number of hydrogen-bond donors (Lipinski definition) is 3. The summed E-state index contributed by atoms with van der Waals surface area (Å²) in [6.45, 7) is 4.22. The Morgan fingerprint density at radius 2 is 2.10 bits per heavy atom. The van der Waals surface area contributed by atoms with E-state index >= 15 is 0 Å². The Kier molecular flexibility index (Phi) is 6.31. The van der Waals surface area contributed by atoms with E-state index in [1.54, 1.807) is 12.1 Å². The molecule has 0 saturated carbocycles. The Bertz CT molecular complexity index is 491. The third-order valence-electron chi connectivity index (χ3n) is 2.92. The Morgan fingerprint density at radius 1 is 1.40 bits per heavy atom. The van der Waals surface area contributed by atoms with Gasteiger partial charge in [-0.3, -0.25) is 9.59 Å². The van der Waals surface area contributed by atoms with Gasteiger partial charge in [-0.05, 0) is 31.5 Å². The van der Waals surface area contributed by atoms with Gasteiger partial charge in [0.25, 0.3) is 5.91 Å². The molecule has 1 aromatic rings. The largest absolute Gasteiger partial charge is 0.398 e. The highest BCUT2D eigenvalue weighted by molar-refractivity contribution is 6.33. The molecule has 0 radical (unpaired) electrons. The summed E-state index contributed by atoms with van der Waals surface area (Å²) in [5.41, 5.74) is 6.41. The van der Waals surface area contributed by atoms with E-state index in [9.17, 15) is 9.59 Å². The lowest BCUT2D eigenvalue weighted by Gasteiger charge is -2.11. The van der Waals surface area contributed by atoms with Crippen molar-refractivity contribution in [1.82, 2.24) is 10.6 Å². The fourth-order valence-electron chi connectivity index (χ4n) is 1.53. The number of hydrogen-bond acceptors (Lipinski definition) is 3. The van der Waals surface area contributed by atoms with Crippen LogP contribution in [0.25, 0.3) is 0 Å². The third kappa shape index (κ3) is 5.09. The summed E-state index contributed by atoms with van der Waals surface area (Å²) in [5, 5.41) is 5.91. The number of benzene rings is 1. The summed E-state index contributed by atoms with van der Waals surface area (Å²) in [5.74, 6) is -0.347. The molecule has 0 aromatic heterocycles. The lowest BCUT2D eigenvalue weighted by Crippen LogP contribution is -2.35. The molecule has 0 fully saturated rings. The highest BCUT2D eigenvalue weighted by atomic mass is 35.5. The second-order valence-corrected chi connectivity index (χ2v) is 5.03. The molecule has 1 rings (SSSR count). The first-order valence-corrected chi connectivity index (χ1v) is 6.94. The molecule has 0 bridgehead atoms. The quantitative estimate of drug-likeness (QED) is 0.702. The molecule has 0 aliphatic heterocycles. The standard InChI is InChI=1S/C14H20ClN3O2/c1-3-9(2)18-13(19)6-7-17-14(20)10-4-5-11(15)12(16)8-10/h4-5,8-9H,3,6-7,16H2,1-2H3,(H,17,20)(H,18,19). The van der Waals surface area contributed by atoms with Crippen molar-refractivity contribution < 1.29 is 9.59 Å². The van der Waals surface area contributed by atoms with Crippen LogP contribution in [0.1, 0.15) is 37.0 Å². The van der Waals surface area contributed by atoms with Gasteiger partial charge in [-0.1, -0.05) is 18.5 Å². The van der Waals surface area contributed by atoms with E-state index in [4.69, 9.17) is 17.3 Å². The minimum Gasteiger partial charge on any atom is -0.398 e. The smallest absolute Gasteiger partial charge is 0.251 e. The molecule has 2 amide bonds. The van der Waals surface area contributed by atoms with Gasteiger partial charge in [-0.15, -0.1) is 0 Å². The van der Waals surface area contributed by atoms with Crippen LogP contribution in [0, 0.1) is 0 Å². The molecule has 1 atom stereocenters. The van der Waals surface area contributed by atoms with E-state index in [2.05, 4.69) is 10.6 Å². The number of nitrogens with two attached hydrogens (primary N) is 1. The SMILES string of the molecule is CCC(C)NC(=O)CCNC(=O)c1ccc(Cl)c(N)c1. The molecule has 0 spiro atoms. The van der Waals surface area contributed by atoms with Crippen LogP contribution in [0.4, 0.5) is 5.69 Å². The Morgan fingerprint density at radius 3 is 2.70 bits per heavy atom. The van der Waals surface area contributed by atoms with E-state index in [0.717, 1.165) is 6.42 Å². The predicted molar refractivity (Wildman–Crippen MR) is 80.7 cm³/mol. The molecule has 0 saturated heterocycles. The summed E-state index contributed by atoms with van der Waals surface area (Å²) in [6.07, 6.45) is 1.13. The summed E-state index contributed by atoms with van der Waals surface area (Å²) in [4.78, 5) is 23.4. The second kappa shape index (κ2) is 7.75. The Balaban J connectivity index is 2.40. The van der Waals surface area contributed by atoms with E-state index < -0.39 is 0 Å². The lowest BCUT2D eigenvalue weighted by molar-refractivity contribution is -0.121. The number of carbonyl (C=O) groups is 2. The molecule has 0 aliphatic carbocycles. The van der Waals surface area contributed by atoms with Gasteiger partial charge in [0.05, 0.1) is 10.7 Å². The first-order valence-electron chi connectivity index (χ1n) is 6.56. The van der Waals surface area contributed by atoms with Crippen molar-refractivity contribution in [2.24, 2.45) is 0 Å². The van der Waals surface area contributed by atoms with Crippen LogP contribution in [-0.4, -0.2) is 24.4 Å². The number of nitrogen functional groups attached to an aromatic ring is 1. The summed E-state index contributed by atoms with van der Waals surface area (Å²) in [6, 6.07) is 4.82. The summed E-state index contributed by atoms with van der Waals surface area (Å²) >= 11 is 5.78. The van der Waals surface area contributed by atoms with E-state index in [1.807, 2.05) is 13.8 Å². The van der Waals surface area contributed by atoms with E-state index in [1.165, 1.54) is 6.07 Å². The molecule has 20 heavy (non-hydrogen) atoms. The molecular formula is C14H20ClN3O2. The lowest BCUT2D eigenvalue weighted by atomic mass is 10.2. The molecule has 4 N–H and O–H groups in total. The van der Waals surface area contributed by atoms with Crippen molar-refractivity contribution in [3.8, 4) is 0 Å². The first kappa shape index (κ1) is 16.3. The van der Waals surface area contributed by atoms with Crippen molar-refractivity contribution in [2.75, 3.05) is 12.3 Å². The predicted octanol–water partition coefficient (Wildman–Crippen LogP) is 1.96. The Labute approximate surface area is 123 Å². The maximum Gasteiger partial charge on any atom is 0.251 e. The van der Waals surface area contributed by atoms with Crippen molar-refractivity contribution in [3.05, 3.63) is 28.8 Å². The van der Waals surface area contributed by atoms with Crippen LogP contribution >= 0.6 is 11.6 Å². The molecule has 6 heteroatoms. The van der Waals surface area contributed by atoms with Gasteiger partial charge in [0.15, 0.2) is 0 Å². The molecule has 5 nitrogen and oxygen atoms in total. The molecule has 0 aliphatic rings. The van der Waals surface area contributed by atoms with Gasteiger partial charge in [0.2, 0.25) is 5.91 Å². The number of halogens is 1. The van der Waals surface area contributed by atoms with Gasteiger partial charge in [-0.25, -0.2) is 0 Å². The maximum atomic E-state index is 11.8. The van der Waals surface area contributed by atoms with Gasteiger partial charge >= 0.3 is 0 Å². The van der Waals surface area contributed by atoms with Gasteiger partial charge in [0, 0.05) is 24.6 Å². The van der Waals surface area contributed by atoms with Crippen molar-refractivity contribution in [3.63, 3.8) is 0 Å². The highest BCUT2D eigenvalue weighted by Gasteiger charge is 2.09. The average Bonchev–Trinajstić information content (AvgIpc) is 2.41. The van der Waals surface area contributed by atoms with E-state index in [0.29, 0.717) is 16.3 Å². The minimum absolute atomic E-state index is 0.0738. The van der Waals surface area contributed by atoms with E-state index in [-0.39, 0.29) is 30.8 Å². The van der Waals surface area contributed by atoms with Crippen LogP contribution in [-0.2, 0) is 4.79 Å². The van der Waals surface area contributed by atoms with Gasteiger partial charge in [0.1, 0.15) is 0 Å². The molecular weight excluding hydrogens is 278 g/mol. The summed E-state index contributed by atoms with van der Waals surface area (Å²) < 4.78 is 0. The normalized spacial score (nSPS) is 11.8. The molecule has 1 unspecified atom stereocenters. The zero-order chi connectivity index (χ0) is 15.1. The van der Waals surface area contributed by atoms with Crippen molar-refractivity contribution in [2.45, 2.75) is 32.7 Å². The number of rotatable bonds is 6. The molecule has 0 heterocycles. The third-order valence-corrected chi connectivity index (χ3v) is 3.26. The van der Waals surface area contributed by atoms with Crippen LogP contribution in [0.3, 0.4) is 0 Å². The second-order valence-electron chi connectivity index (χ2n) is 4.62. The number of nitrogens with one attached hydrogen (secondary N) is 2. The van der Waals surface area contributed by atoms with Crippen LogP contribution in [0.15, 0.2) is 18.2 Å². The summed E-state index contributed by atoms with van der Waals surface area (Å²) in [7, 11) is 0. The zero-order valence-electron chi connectivity index (χ0n) is 11.7.